The van der Waals surface area contributed by atoms with Crippen LogP contribution in [0.4, 0.5) is 0 Å². The molecular formula is C23H39NO12. The molecule has 0 saturated carbocycles. The van der Waals surface area contributed by atoms with Crippen LogP contribution in [0.25, 0.3) is 0 Å². The molecule has 0 saturated heterocycles. The maximum atomic E-state index is 11.4. The van der Waals surface area contributed by atoms with Crippen molar-refractivity contribution >= 4 is 17.8 Å². The zero-order valence-electron chi connectivity index (χ0n) is 20.8. The van der Waals surface area contributed by atoms with Crippen molar-refractivity contribution in [1.29, 1.82) is 0 Å². The number of rotatable bonds is 27. The van der Waals surface area contributed by atoms with E-state index in [9.17, 15) is 14.4 Å². The third-order valence-corrected chi connectivity index (χ3v) is 4.42. The highest BCUT2D eigenvalue weighted by Gasteiger charge is 2.22. The van der Waals surface area contributed by atoms with Crippen LogP contribution in [0, 0.1) is 0 Å². The van der Waals surface area contributed by atoms with Gasteiger partial charge in [0.05, 0.1) is 119 Å². The maximum absolute atomic E-state index is 11.4. The van der Waals surface area contributed by atoms with E-state index in [-0.39, 0.29) is 38.0 Å². The van der Waals surface area contributed by atoms with Gasteiger partial charge in [0.2, 0.25) is 0 Å². The number of hydrogen-bond donors (Lipinski definition) is 1. The molecule has 208 valence electrons. The minimum absolute atomic E-state index is 0.00758. The first-order valence-electron chi connectivity index (χ1n) is 12.0. The van der Waals surface area contributed by atoms with Gasteiger partial charge >= 0.3 is 5.97 Å². The van der Waals surface area contributed by atoms with Crippen LogP contribution in [0.3, 0.4) is 0 Å². The Morgan fingerprint density at radius 1 is 0.528 bits per heavy atom. The second-order valence-corrected chi connectivity index (χ2v) is 7.20. The van der Waals surface area contributed by atoms with E-state index in [0.717, 1.165) is 4.90 Å². The predicted octanol–water partition coefficient (Wildman–Crippen LogP) is -0.481. The second kappa shape index (κ2) is 23.4. The monoisotopic (exact) mass is 521 g/mol. The van der Waals surface area contributed by atoms with E-state index < -0.39 is 5.97 Å². The molecule has 1 aliphatic heterocycles. The molecule has 1 heterocycles. The van der Waals surface area contributed by atoms with E-state index in [1.807, 2.05) is 0 Å². The van der Waals surface area contributed by atoms with E-state index in [4.69, 9.17) is 43.0 Å². The molecule has 0 aliphatic carbocycles. The summed E-state index contributed by atoms with van der Waals surface area (Å²) in [5.41, 5.74) is 0. The van der Waals surface area contributed by atoms with Crippen LogP contribution in [0.1, 0.15) is 6.42 Å². The van der Waals surface area contributed by atoms with Gasteiger partial charge in [-0.15, -0.1) is 0 Å². The minimum Gasteiger partial charge on any atom is -0.481 e. The Kier molecular flexibility index (Phi) is 20.9. The Hall–Kier alpha value is -1.97. The van der Waals surface area contributed by atoms with Crippen molar-refractivity contribution in [3.05, 3.63) is 12.2 Å². The third kappa shape index (κ3) is 19.2. The van der Waals surface area contributed by atoms with Gasteiger partial charge in [0, 0.05) is 12.2 Å². The smallest absolute Gasteiger partial charge is 0.305 e. The molecule has 1 aliphatic rings. The number of hydrogen-bond acceptors (Lipinski definition) is 11. The number of ether oxygens (including phenoxy) is 8. The average Bonchev–Trinajstić information content (AvgIpc) is 3.18. The van der Waals surface area contributed by atoms with Crippen molar-refractivity contribution in [2.75, 3.05) is 112 Å². The standard InChI is InChI=1S/C23H39NO12/c25-21-1-2-22(26)24(21)4-6-30-8-10-32-12-14-34-16-18-36-20-19-35-17-15-33-13-11-31-9-7-29-5-3-23(27)28/h1-2H,3-20H2,(H,27,28). The summed E-state index contributed by atoms with van der Waals surface area (Å²) in [6.45, 7) is 6.77. The molecule has 1 N–H and O–H groups in total. The third-order valence-electron chi connectivity index (χ3n) is 4.42. The van der Waals surface area contributed by atoms with Gasteiger partial charge in [-0.2, -0.15) is 0 Å². The molecule has 0 radical (unpaired) electrons. The van der Waals surface area contributed by atoms with Crippen LogP contribution in [0.5, 0.6) is 0 Å². The molecule has 0 aromatic rings. The van der Waals surface area contributed by atoms with Gasteiger partial charge in [-0.05, 0) is 0 Å². The number of nitrogens with zero attached hydrogens (tertiary/aromatic N) is 1. The van der Waals surface area contributed by atoms with Gasteiger partial charge < -0.3 is 43.0 Å². The van der Waals surface area contributed by atoms with Crippen molar-refractivity contribution in [2.24, 2.45) is 0 Å². The zero-order chi connectivity index (χ0) is 26.1. The summed E-state index contributed by atoms with van der Waals surface area (Å²) in [6.07, 6.45) is 2.49. The first kappa shape index (κ1) is 32.1. The normalized spacial score (nSPS) is 13.3. The Balaban J connectivity index is 1.66. The van der Waals surface area contributed by atoms with Gasteiger partial charge in [-0.3, -0.25) is 19.3 Å². The lowest BCUT2D eigenvalue weighted by atomic mass is 10.5. The predicted molar refractivity (Wildman–Crippen MR) is 125 cm³/mol. The van der Waals surface area contributed by atoms with E-state index in [0.29, 0.717) is 92.5 Å². The van der Waals surface area contributed by atoms with E-state index in [1.165, 1.54) is 12.2 Å². The summed E-state index contributed by atoms with van der Waals surface area (Å²) in [4.78, 5) is 34.1. The summed E-state index contributed by atoms with van der Waals surface area (Å²) in [7, 11) is 0. The fraction of sp³-hybridized carbons (Fsp3) is 0.783. The van der Waals surface area contributed by atoms with Crippen molar-refractivity contribution in [3.8, 4) is 0 Å². The molecule has 0 aromatic carbocycles. The molecular weight excluding hydrogens is 482 g/mol. The van der Waals surface area contributed by atoms with Gasteiger partial charge in [-0.1, -0.05) is 0 Å². The fourth-order valence-corrected chi connectivity index (χ4v) is 2.61. The molecule has 36 heavy (non-hydrogen) atoms. The summed E-state index contributed by atoms with van der Waals surface area (Å²) < 4.78 is 42.7. The number of carboxylic acids is 1. The number of carboxylic acid groups (broad SMARTS) is 1. The summed E-state index contributed by atoms with van der Waals surface area (Å²) in [6, 6.07) is 0. The highest BCUT2D eigenvalue weighted by atomic mass is 16.6. The Morgan fingerprint density at radius 3 is 1.11 bits per heavy atom. The average molecular weight is 522 g/mol. The summed E-state index contributed by atoms with van der Waals surface area (Å²) in [5, 5.41) is 8.46. The number of amides is 2. The molecule has 0 spiro atoms. The Morgan fingerprint density at radius 2 is 0.806 bits per heavy atom. The number of aliphatic carboxylic acids is 1. The lowest BCUT2D eigenvalue weighted by Crippen LogP contribution is -2.33. The maximum Gasteiger partial charge on any atom is 0.305 e. The molecule has 13 heteroatoms. The van der Waals surface area contributed by atoms with Crippen molar-refractivity contribution < 1.29 is 57.4 Å². The molecule has 0 aromatic heterocycles. The molecule has 2 amide bonds. The Labute approximate surface area is 211 Å². The zero-order valence-corrected chi connectivity index (χ0v) is 20.8. The van der Waals surface area contributed by atoms with Crippen molar-refractivity contribution in [1.82, 2.24) is 4.90 Å². The first-order chi connectivity index (χ1) is 17.6. The van der Waals surface area contributed by atoms with Crippen LogP contribution in [-0.2, 0) is 52.3 Å². The molecule has 0 unspecified atom stereocenters. The van der Waals surface area contributed by atoms with E-state index in [1.54, 1.807) is 0 Å². The first-order valence-corrected chi connectivity index (χ1v) is 12.0. The van der Waals surface area contributed by atoms with E-state index >= 15 is 0 Å². The summed E-state index contributed by atoms with van der Waals surface area (Å²) >= 11 is 0. The Bertz CT molecular complexity index is 598. The van der Waals surface area contributed by atoms with Crippen LogP contribution in [0.15, 0.2) is 12.2 Å². The van der Waals surface area contributed by atoms with Gasteiger partial charge in [0.25, 0.3) is 11.8 Å². The van der Waals surface area contributed by atoms with Crippen LogP contribution in [-0.4, -0.2) is 140 Å². The fourth-order valence-electron chi connectivity index (χ4n) is 2.61. The van der Waals surface area contributed by atoms with E-state index in [2.05, 4.69) is 0 Å². The highest BCUT2D eigenvalue weighted by molar-refractivity contribution is 6.12. The van der Waals surface area contributed by atoms with Crippen molar-refractivity contribution in [2.45, 2.75) is 6.42 Å². The molecule has 0 atom stereocenters. The quantitative estimate of drug-likeness (QED) is 0.110. The molecule has 13 nitrogen and oxygen atoms in total. The minimum atomic E-state index is -0.880. The van der Waals surface area contributed by atoms with Gasteiger partial charge in [0.15, 0.2) is 0 Å². The van der Waals surface area contributed by atoms with Crippen molar-refractivity contribution in [3.63, 3.8) is 0 Å². The largest absolute Gasteiger partial charge is 0.481 e. The van der Waals surface area contributed by atoms with Gasteiger partial charge in [0.1, 0.15) is 0 Å². The number of carbonyl (C=O) groups is 3. The molecule has 1 rings (SSSR count). The second-order valence-electron chi connectivity index (χ2n) is 7.20. The number of imide groups is 1. The molecule has 0 bridgehead atoms. The lowest BCUT2D eigenvalue weighted by Gasteiger charge is -2.13. The summed E-state index contributed by atoms with van der Waals surface area (Å²) in [5.74, 6) is -1.50. The SMILES string of the molecule is O=C(O)CCOCCOCCOCCOCCOCCOCCOCCOCCN1C(=O)C=CC1=O. The lowest BCUT2D eigenvalue weighted by molar-refractivity contribution is -0.139. The highest BCUT2D eigenvalue weighted by Crippen LogP contribution is 2.02. The van der Waals surface area contributed by atoms with Crippen LogP contribution >= 0.6 is 0 Å². The topological polar surface area (TPSA) is 149 Å². The molecule has 0 fully saturated rings. The number of carbonyl (C=O) groups excluding carboxylic acids is 2. The van der Waals surface area contributed by atoms with Crippen LogP contribution < -0.4 is 0 Å². The van der Waals surface area contributed by atoms with Crippen LogP contribution in [0.2, 0.25) is 0 Å². The van der Waals surface area contributed by atoms with Gasteiger partial charge in [-0.25, -0.2) is 0 Å².